The van der Waals surface area contributed by atoms with Crippen LogP contribution in [0.25, 0.3) is 0 Å². The topological polar surface area (TPSA) is 55.4 Å². The summed E-state index contributed by atoms with van der Waals surface area (Å²) < 4.78 is 33.0. The largest absolute Gasteiger partial charge is 0.378 e. The minimum Gasteiger partial charge on any atom is -0.378 e. The molecule has 0 bridgehead atoms. The van der Waals surface area contributed by atoms with Crippen molar-refractivity contribution in [2.24, 2.45) is 0 Å². The fraction of sp³-hybridized carbons (Fsp3) is 0.538. The van der Waals surface area contributed by atoms with E-state index in [0.717, 1.165) is 25.9 Å². The predicted octanol–water partition coefficient (Wildman–Crippen LogP) is 2.69. The van der Waals surface area contributed by atoms with Crippen LogP contribution in [0.3, 0.4) is 0 Å². The van der Waals surface area contributed by atoms with Gasteiger partial charge in [0, 0.05) is 17.6 Å². The number of benzene rings is 1. The third-order valence-electron chi connectivity index (χ3n) is 3.16. The highest BCUT2D eigenvalue weighted by Crippen LogP contribution is 2.21. The Morgan fingerprint density at radius 3 is 2.79 bits per heavy atom. The van der Waals surface area contributed by atoms with Gasteiger partial charge in [0.15, 0.2) is 0 Å². The zero-order valence-corrected chi connectivity index (χ0v) is 13.0. The molecule has 1 aromatic carbocycles. The lowest BCUT2D eigenvalue weighted by molar-refractivity contribution is 0.0123. The summed E-state index contributed by atoms with van der Waals surface area (Å²) in [6, 6.07) is 6.81. The zero-order chi connectivity index (χ0) is 13.7. The van der Waals surface area contributed by atoms with Gasteiger partial charge in [0.25, 0.3) is 0 Å². The Balaban J connectivity index is 1.89. The Hall–Kier alpha value is -0.430. The first-order chi connectivity index (χ1) is 9.09. The molecule has 0 amide bonds. The van der Waals surface area contributed by atoms with E-state index in [1.54, 1.807) is 24.3 Å². The SMILES string of the molecule is O=S(=O)(NCCC1CCCCO1)c1ccccc1Br. The average molecular weight is 348 g/mol. The monoisotopic (exact) mass is 347 g/mol. The minimum absolute atomic E-state index is 0.190. The second-order valence-electron chi connectivity index (χ2n) is 4.61. The molecule has 2 rings (SSSR count). The Bertz CT molecular complexity index is 512. The quantitative estimate of drug-likeness (QED) is 0.890. The zero-order valence-electron chi connectivity index (χ0n) is 10.6. The van der Waals surface area contributed by atoms with Crippen molar-refractivity contribution in [3.63, 3.8) is 0 Å². The normalized spacial score (nSPS) is 20.4. The van der Waals surface area contributed by atoms with Gasteiger partial charge in [0.05, 0.1) is 11.0 Å². The van der Waals surface area contributed by atoms with Crippen LogP contribution in [0, 0.1) is 0 Å². The second kappa shape index (κ2) is 6.83. The van der Waals surface area contributed by atoms with Gasteiger partial charge in [-0.3, -0.25) is 0 Å². The first-order valence-electron chi connectivity index (χ1n) is 6.45. The third kappa shape index (κ3) is 4.27. The summed E-state index contributed by atoms with van der Waals surface area (Å²) in [5, 5.41) is 0. The van der Waals surface area contributed by atoms with Gasteiger partial charge < -0.3 is 4.74 Å². The molecule has 1 saturated heterocycles. The summed E-state index contributed by atoms with van der Waals surface area (Å²) in [4.78, 5) is 0.277. The van der Waals surface area contributed by atoms with Gasteiger partial charge in [-0.2, -0.15) is 0 Å². The van der Waals surface area contributed by atoms with Crippen molar-refractivity contribution in [3.05, 3.63) is 28.7 Å². The van der Waals surface area contributed by atoms with Crippen LogP contribution in [0.4, 0.5) is 0 Å². The molecular weight excluding hydrogens is 330 g/mol. The number of halogens is 1. The summed E-state index contributed by atoms with van der Waals surface area (Å²) in [7, 11) is -3.44. The lowest BCUT2D eigenvalue weighted by Crippen LogP contribution is -2.29. The fourth-order valence-electron chi connectivity index (χ4n) is 2.13. The molecule has 1 heterocycles. The predicted molar refractivity (Wildman–Crippen MR) is 77.5 cm³/mol. The molecule has 1 unspecified atom stereocenters. The molecule has 106 valence electrons. The molecule has 1 aromatic rings. The van der Waals surface area contributed by atoms with Crippen molar-refractivity contribution < 1.29 is 13.2 Å². The van der Waals surface area contributed by atoms with E-state index in [2.05, 4.69) is 20.7 Å². The van der Waals surface area contributed by atoms with Gasteiger partial charge in [-0.15, -0.1) is 0 Å². The number of hydrogen-bond acceptors (Lipinski definition) is 3. The molecule has 0 radical (unpaired) electrons. The molecule has 4 nitrogen and oxygen atoms in total. The summed E-state index contributed by atoms with van der Waals surface area (Å²) in [6.45, 7) is 1.20. The number of sulfonamides is 1. The van der Waals surface area contributed by atoms with Crippen LogP contribution in [-0.2, 0) is 14.8 Å². The highest BCUT2D eigenvalue weighted by atomic mass is 79.9. The summed E-state index contributed by atoms with van der Waals surface area (Å²) in [6.07, 6.45) is 4.22. The van der Waals surface area contributed by atoms with E-state index < -0.39 is 10.0 Å². The molecule has 1 atom stereocenters. The number of hydrogen-bond donors (Lipinski definition) is 1. The van der Waals surface area contributed by atoms with Crippen LogP contribution in [-0.4, -0.2) is 27.7 Å². The lowest BCUT2D eigenvalue weighted by Gasteiger charge is -2.22. The first-order valence-corrected chi connectivity index (χ1v) is 8.73. The van der Waals surface area contributed by atoms with Gasteiger partial charge in [0.2, 0.25) is 10.0 Å². The Kier molecular flexibility index (Phi) is 5.38. The van der Waals surface area contributed by atoms with Gasteiger partial charge in [-0.1, -0.05) is 12.1 Å². The molecule has 0 spiro atoms. The fourth-order valence-corrected chi connectivity index (χ4v) is 4.18. The molecule has 6 heteroatoms. The maximum atomic E-state index is 12.1. The highest BCUT2D eigenvalue weighted by Gasteiger charge is 2.18. The molecule has 1 fully saturated rings. The van der Waals surface area contributed by atoms with Crippen molar-refractivity contribution in [1.82, 2.24) is 4.72 Å². The van der Waals surface area contributed by atoms with E-state index >= 15 is 0 Å². The highest BCUT2D eigenvalue weighted by molar-refractivity contribution is 9.10. The van der Waals surface area contributed by atoms with Crippen molar-refractivity contribution in [1.29, 1.82) is 0 Å². The van der Waals surface area contributed by atoms with Gasteiger partial charge in [-0.25, -0.2) is 13.1 Å². The third-order valence-corrected chi connectivity index (χ3v) is 5.63. The van der Waals surface area contributed by atoms with Crippen LogP contribution in [0.5, 0.6) is 0 Å². The standard InChI is InChI=1S/C13H18BrNO3S/c14-12-6-1-2-7-13(12)19(16,17)15-9-8-11-5-3-4-10-18-11/h1-2,6-7,11,15H,3-5,8-10H2. The molecule has 0 saturated carbocycles. The van der Waals surface area contributed by atoms with Crippen LogP contribution in [0.15, 0.2) is 33.6 Å². The van der Waals surface area contributed by atoms with E-state index in [4.69, 9.17) is 4.74 Å². The van der Waals surface area contributed by atoms with Gasteiger partial charge >= 0.3 is 0 Å². The number of rotatable bonds is 5. The Labute approximate surface area is 122 Å². The molecule has 0 aromatic heterocycles. The average Bonchev–Trinajstić information content (AvgIpc) is 2.40. The van der Waals surface area contributed by atoms with E-state index in [-0.39, 0.29) is 11.0 Å². The van der Waals surface area contributed by atoms with Crippen LogP contribution >= 0.6 is 15.9 Å². The van der Waals surface area contributed by atoms with Crippen LogP contribution in [0.2, 0.25) is 0 Å². The molecule has 1 aliphatic rings. The maximum Gasteiger partial charge on any atom is 0.241 e. The number of nitrogens with one attached hydrogen (secondary N) is 1. The summed E-state index contributed by atoms with van der Waals surface area (Å²) in [5.41, 5.74) is 0. The molecular formula is C13H18BrNO3S. The van der Waals surface area contributed by atoms with E-state index in [1.807, 2.05) is 0 Å². The lowest BCUT2D eigenvalue weighted by atomic mass is 10.1. The van der Waals surface area contributed by atoms with Gasteiger partial charge in [0.1, 0.15) is 0 Å². The van der Waals surface area contributed by atoms with Crippen molar-refractivity contribution in [2.75, 3.05) is 13.2 Å². The molecule has 0 aliphatic carbocycles. The smallest absolute Gasteiger partial charge is 0.241 e. The van der Waals surface area contributed by atoms with Gasteiger partial charge in [-0.05, 0) is 53.7 Å². The maximum absolute atomic E-state index is 12.1. The van der Waals surface area contributed by atoms with E-state index in [9.17, 15) is 8.42 Å². The summed E-state index contributed by atoms with van der Waals surface area (Å²) in [5.74, 6) is 0. The van der Waals surface area contributed by atoms with Crippen LogP contribution in [0.1, 0.15) is 25.7 Å². The number of ether oxygens (including phenoxy) is 1. The minimum atomic E-state index is -3.44. The Morgan fingerprint density at radius 1 is 1.32 bits per heavy atom. The first kappa shape index (κ1) is 15.0. The van der Waals surface area contributed by atoms with Crippen LogP contribution < -0.4 is 4.72 Å². The summed E-state index contributed by atoms with van der Waals surface area (Å²) >= 11 is 3.26. The molecule has 1 N–H and O–H groups in total. The van der Waals surface area contributed by atoms with Crippen molar-refractivity contribution in [3.8, 4) is 0 Å². The Morgan fingerprint density at radius 2 is 2.11 bits per heavy atom. The molecule has 19 heavy (non-hydrogen) atoms. The van der Waals surface area contributed by atoms with E-state index in [1.165, 1.54) is 6.42 Å². The van der Waals surface area contributed by atoms with Crippen molar-refractivity contribution in [2.45, 2.75) is 36.7 Å². The van der Waals surface area contributed by atoms with Crippen molar-refractivity contribution >= 4 is 26.0 Å². The van der Waals surface area contributed by atoms with E-state index in [0.29, 0.717) is 11.0 Å². The second-order valence-corrected chi connectivity index (χ2v) is 7.20. The molecule has 1 aliphatic heterocycles.